The summed E-state index contributed by atoms with van der Waals surface area (Å²) in [4.78, 5) is 33.4. The molecule has 2 spiro atoms. The van der Waals surface area contributed by atoms with Gasteiger partial charge in [0.05, 0.1) is 34.8 Å². The fraction of sp³-hybridized carbons (Fsp3) is 0.413. The molecule has 3 N–H and O–H groups in total. The summed E-state index contributed by atoms with van der Waals surface area (Å²) in [5, 5.41) is 29.3. The van der Waals surface area contributed by atoms with Crippen molar-refractivity contribution in [3.8, 4) is 6.07 Å². The highest BCUT2D eigenvalue weighted by Gasteiger charge is 2.77. The van der Waals surface area contributed by atoms with Crippen LogP contribution in [0.5, 0.6) is 0 Å². The van der Waals surface area contributed by atoms with Crippen LogP contribution in [0.2, 0.25) is 5.02 Å². The predicted molar refractivity (Wildman–Crippen MR) is 212 cm³/mol. The summed E-state index contributed by atoms with van der Waals surface area (Å²) in [6, 6.07) is 29.4. The minimum absolute atomic E-state index is 0.0807. The van der Waals surface area contributed by atoms with E-state index in [1.807, 2.05) is 66.7 Å². The number of hydrogen-bond acceptors (Lipinski definition) is 5. The zero-order valence-electron chi connectivity index (χ0n) is 31.4. The molecular weight excluding hydrogens is 711 g/mol. The van der Waals surface area contributed by atoms with Gasteiger partial charge in [-0.15, -0.1) is 0 Å². The van der Waals surface area contributed by atoms with Crippen LogP contribution in [-0.4, -0.2) is 39.4 Å². The summed E-state index contributed by atoms with van der Waals surface area (Å²) < 4.78 is 17.1. The lowest BCUT2D eigenvalue weighted by Crippen LogP contribution is -2.64. The Balaban J connectivity index is 1.49. The van der Waals surface area contributed by atoms with E-state index >= 15 is 14.0 Å². The minimum atomic E-state index is -1.53. The van der Waals surface area contributed by atoms with E-state index in [1.54, 1.807) is 24.3 Å². The molecule has 7 nitrogen and oxygen atoms in total. The Kier molecular flexibility index (Phi) is 9.86. The number of carbonyl (C=O) groups excluding carboxylic acids is 2. The third-order valence-electron chi connectivity index (χ3n) is 13.3. The molecule has 2 aliphatic heterocycles. The van der Waals surface area contributed by atoms with E-state index in [4.69, 9.17) is 11.6 Å². The van der Waals surface area contributed by atoms with Crippen molar-refractivity contribution in [2.24, 2.45) is 5.41 Å². The Hall–Kier alpha value is -4.55. The number of likely N-dealkylation sites (tertiary alicyclic amines) is 1. The molecule has 5 atom stereocenters. The fourth-order valence-corrected chi connectivity index (χ4v) is 10.9. The molecule has 4 aromatic carbocycles. The number of anilines is 1. The molecule has 9 heteroatoms. The van der Waals surface area contributed by atoms with Crippen LogP contribution in [-0.2, 0) is 15.0 Å². The molecule has 4 aromatic rings. The number of halogens is 2. The van der Waals surface area contributed by atoms with E-state index in [0.717, 1.165) is 50.5 Å². The lowest BCUT2D eigenvalue weighted by atomic mass is 9.53. The molecule has 2 saturated carbocycles. The summed E-state index contributed by atoms with van der Waals surface area (Å²) in [6.07, 6.45) is 6.02. The van der Waals surface area contributed by atoms with Crippen LogP contribution in [0.15, 0.2) is 97.1 Å². The molecule has 55 heavy (non-hydrogen) atoms. The van der Waals surface area contributed by atoms with Gasteiger partial charge in [0.25, 0.3) is 0 Å². The number of aliphatic hydroxyl groups excluding tert-OH is 1. The number of amides is 2. The standard InChI is InChI=1S/C46H48ClFN4O3/c1-44(2)23-25-45(26-24-44)46(34-22-21-29(28-49)27-36(34)51-43(46)55)37(33-19-12-20-35(47)38(33)48)40(42(54)50-32-17-10-5-11-18-32)52(45)39(30-13-6-3-7-14-30)41(53)31-15-8-4-9-16-31/h3-4,6-9,12-16,19-22,27,32,37,39-41,53H,5,10-11,17-18,23-26H2,1-2H3,(H,50,54)(H,51,55)/t37-,39+,40+,41-,46+/m0/s1. The maximum atomic E-state index is 17.1. The molecule has 0 radical (unpaired) electrons. The highest BCUT2D eigenvalue weighted by molar-refractivity contribution is 6.30. The van der Waals surface area contributed by atoms with Crippen molar-refractivity contribution in [1.82, 2.24) is 10.2 Å². The first kappa shape index (κ1) is 37.4. The van der Waals surface area contributed by atoms with E-state index in [0.29, 0.717) is 35.2 Å². The average Bonchev–Trinajstić information content (AvgIpc) is 3.63. The number of carbonyl (C=O) groups is 2. The number of aliphatic hydroxyl groups is 1. The van der Waals surface area contributed by atoms with Gasteiger partial charge in [0.2, 0.25) is 11.8 Å². The maximum absolute atomic E-state index is 17.1. The minimum Gasteiger partial charge on any atom is -0.386 e. The molecular formula is C46H48ClFN4O3. The van der Waals surface area contributed by atoms with Gasteiger partial charge in [0.15, 0.2) is 0 Å². The third kappa shape index (κ3) is 6.07. The fourth-order valence-electron chi connectivity index (χ4n) is 10.7. The summed E-state index contributed by atoms with van der Waals surface area (Å²) in [6.45, 7) is 4.45. The SMILES string of the molecule is CC1(C)CCC2(CC1)N([C@H](c1ccccc1)[C@@H](O)c1ccccc1)[C@@H](C(=O)NC1CCCCC1)[C@H](c1cccc(Cl)c1F)[C@]21C(=O)Nc2cc(C#N)ccc21. The Morgan fingerprint density at radius 3 is 2.24 bits per heavy atom. The molecule has 2 amide bonds. The second-order valence-corrected chi connectivity index (χ2v) is 17.3. The number of benzene rings is 4. The molecule has 284 valence electrons. The van der Waals surface area contributed by atoms with Crippen LogP contribution in [0.4, 0.5) is 10.1 Å². The Morgan fingerprint density at radius 2 is 1.58 bits per heavy atom. The first-order valence-corrected chi connectivity index (χ1v) is 20.1. The van der Waals surface area contributed by atoms with Crippen LogP contribution in [0.1, 0.15) is 118 Å². The summed E-state index contributed by atoms with van der Waals surface area (Å²) in [7, 11) is 0. The highest BCUT2D eigenvalue weighted by atomic mass is 35.5. The summed E-state index contributed by atoms with van der Waals surface area (Å²) in [5.74, 6) is -2.39. The van der Waals surface area contributed by atoms with Crippen LogP contribution in [0, 0.1) is 22.6 Å². The van der Waals surface area contributed by atoms with Crippen molar-refractivity contribution in [1.29, 1.82) is 5.26 Å². The highest BCUT2D eigenvalue weighted by Crippen LogP contribution is 2.69. The Labute approximate surface area is 327 Å². The molecule has 4 aliphatic rings. The van der Waals surface area contributed by atoms with Crippen molar-refractivity contribution in [3.63, 3.8) is 0 Å². The van der Waals surface area contributed by atoms with Gasteiger partial charge in [0, 0.05) is 23.2 Å². The van der Waals surface area contributed by atoms with Gasteiger partial charge in [-0.2, -0.15) is 5.26 Å². The molecule has 0 aromatic heterocycles. The Morgan fingerprint density at radius 1 is 0.927 bits per heavy atom. The number of nitrogens with one attached hydrogen (secondary N) is 2. The topological polar surface area (TPSA) is 105 Å². The number of hydrogen-bond donors (Lipinski definition) is 3. The average molecular weight is 759 g/mol. The largest absolute Gasteiger partial charge is 0.386 e. The number of nitriles is 1. The quantitative estimate of drug-likeness (QED) is 0.174. The molecule has 0 bridgehead atoms. The first-order chi connectivity index (χ1) is 26.5. The van der Waals surface area contributed by atoms with E-state index in [1.165, 1.54) is 6.07 Å². The van der Waals surface area contributed by atoms with E-state index in [2.05, 4.69) is 35.5 Å². The maximum Gasteiger partial charge on any atom is 0.238 e. The number of rotatable bonds is 7. The van der Waals surface area contributed by atoms with E-state index < -0.39 is 40.9 Å². The van der Waals surface area contributed by atoms with Gasteiger partial charge in [0.1, 0.15) is 11.2 Å². The van der Waals surface area contributed by atoms with Crippen molar-refractivity contribution in [2.45, 2.75) is 113 Å². The van der Waals surface area contributed by atoms with E-state index in [9.17, 15) is 10.4 Å². The normalized spacial score (nSPS) is 25.6. The van der Waals surface area contributed by atoms with Crippen molar-refractivity contribution < 1.29 is 19.1 Å². The zero-order valence-corrected chi connectivity index (χ0v) is 32.2. The van der Waals surface area contributed by atoms with Gasteiger partial charge in [-0.3, -0.25) is 14.5 Å². The van der Waals surface area contributed by atoms with Crippen LogP contribution in [0.25, 0.3) is 0 Å². The molecule has 2 aliphatic carbocycles. The van der Waals surface area contributed by atoms with Crippen molar-refractivity contribution in [3.05, 3.63) is 136 Å². The molecule has 1 saturated heterocycles. The van der Waals surface area contributed by atoms with Gasteiger partial charge < -0.3 is 15.7 Å². The van der Waals surface area contributed by atoms with Gasteiger partial charge in [-0.05, 0) is 84.4 Å². The first-order valence-electron chi connectivity index (χ1n) is 19.7. The second kappa shape index (κ2) is 14.5. The molecule has 0 unspecified atom stereocenters. The van der Waals surface area contributed by atoms with Crippen molar-refractivity contribution >= 4 is 29.1 Å². The zero-order chi connectivity index (χ0) is 38.5. The number of fused-ring (bicyclic) bond motifs is 3. The van der Waals surface area contributed by atoms with Crippen LogP contribution < -0.4 is 10.6 Å². The lowest BCUT2D eigenvalue weighted by Gasteiger charge is -2.56. The van der Waals surface area contributed by atoms with Crippen molar-refractivity contribution in [2.75, 3.05) is 5.32 Å². The summed E-state index contributed by atoms with van der Waals surface area (Å²) >= 11 is 6.62. The predicted octanol–water partition coefficient (Wildman–Crippen LogP) is 9.27. The molecule has 8 rings (SSSR count). The van der Waals surface area contributed by atoms with Gasteiger partial charge >= 0.3 is 0 Å². The third-order valence-corrected chi connectivity index (χ3v) is 13.6. The second-order valence-electron chi connectivity index (χ2n) is 16.9. The van der Waals surface area contributed by atoms with Crippen LogP contribution >= 0.6 is 11.6 Å². The number of nitrogens with zero attached hydrogens (tertiary/aromatic N) is 2. The monoisotopic (exact) mass is 758 g/mol. The smallest absolute Gasteiger partial charge is 0.238 e. The van der Waals surface area contributed by atoms with Crippen LogP contribution in [0.3, 0.4) is 0 Å². The molecule has 2 heterocycles. The Bertz CT molecular complexity index is 2120. The van der Waals surface area contributed by atoms with Gasteiger partial charge in [-0.1, -0.05) is 124 Å². The lowest BCUT2D eigenvalue weighted by molar-refractivity contribution is -0.137. The molecule has 3 fully saturated rings. The summed E-state index contributed by atoms with van der Waals surface area (Å²) in [5.41, 5.74) is 0.371. The van der Waals surface area contributed by atoms with E-state index in [-0.39, 0.29) is 33.9 Å². The van der Waals surface area contributed by atoms with Gasteiger partial charge in [-0.25, -0.2) is 4.39 Å².